The maximum atomic E-state index is 6.99. The van der Waals surface area contributed by atoms with Crippen LogP contribution in [0.3, 0.4) is 0 Å². The standard InChI is InChI=1S/C48H29N3O.C44H27N3O.C38H23N3O/c1-2-17-33(18-3-1)51-42-26-9-7-21-40(42)44-43(51)28-27-38-37-24-12-22-35(46(37)52-47(38)44)31-15-10-16-32(29-31)48-49-41-25-8-6-20-39(41)45(50-48)36-23-11-14-30-13-4-5-19-34(30)36;1-3-13-28(14-4-1)41-35-19-7-9-23-37(35)45-44(46-41)30-16-11-15-29(27-30)32-21-12-22-33-34-25-26-39-40(43(34)48-42(32)33)36-20-8-10-24-38(36)47(39)31-17-5-2-6-18-31;1-3-12-24(13-4-1)38-39-31-20-9-7-16-28(31)35(40-38)30-19-11-18-26-27-22-23-33-34(37(27)42-36(26)30)29-17-8-10-21-32(29)41(33)25-14-5-2-6-15-25/h1-29H;1-27H;1-23H. The van der Waals surface area contributed by atoms with E-state index in [1.54, 1.807) is 0 Å². The second kappa shape index (κ2) is 33.3. The first-order valence-corrected chi connectivity index (χ1v) is 47.9. The third-order valence-corrected chi connectivity index (χ3v) is 28.0. The summed E-state index contributed by atoms with van der Waals surface area (Å²) in [6, 6.07) is 167. The van der Waals surface area contributed by atoms with Crippen LogP contribution in [0.25, 0.3) is 282 Å². The van der Waals surface area contributed by atoms with E-state index in [9.17, 15) is 0 Å². The van der Waals surface area contributed by atoms with Crippen LogP contribution >= 0.6 is 0 Å². The minimum absolute atomic E-state index is 0.690. The highest BCUT2D eigenvalue weighted by Crippen LogP contribution is 2.50. The molecule has 142 heavy (non-hydrogen) atoms. The molecule has 0 aliphatic heterocycles. The fourth-order valence-electron chi connectivity index (χ4n) is 21.6. The van der Waals surface area contributed by atoms with Gasteiger partial charge in [0.2, 0.25) is 0 Å². The molecule has 662 valence electrons. The Hall–Kier alpha value is -19.3. The van der Waals surface area contributed by atoms with E-state index in [0.29, 0.717) is 17.5 Å². The second-order valence-electron chi connectivity index (χ2n) is 36.1. The van der Waals surface area contributed by atoms with Gasteiger partial charge >= 0.3 is 0 Å². The number of hydrogen-bond acceptors (Lipinski definition) is 9. The zero-order valence-corrected chi connectivity index (χ0v) is 76.4. The topological polar surface area (TPSA) is 132 Å². The normalized spacial score (nSPS) is 11.8. The van der Waals surface area contributed by atoms with Crippen LogP contribution in [-0.4, -0.2) is 43.6 Å². The van der Waals surface area contributed by atoms with Crippen molar-refractivity contribution in [3.05, 3.63) is 479 Å². The lowest BCUT2D eigenvalue weighted by atomic mass is 9.98. The van der Waals surface area contributed by atoms with Gasteiger partial charge in [0.25, 0.3) is 0 Å². The van der Waals surface area contributed by atoms with Crippen molar-refractivity contribution in [2.45, 2.75) is 0 Å². The number of hydrogen-bond donors (Lipinski definition) is 0. The number of para-hydroxylation sites is 12. The largest absolute Gasteiger partial charge is 0.455 e. The van der Waals surface area contributed by atoms with Crippen LogP contribution in [0.2, 0.25) is 0 Å². The van der Waals surface area contributed by atoms with Crippen molar-refractivity contribution in [1.29, 1.82) is 0 Å². The van der Waals surface area contributed by atoms with E-state index in [0.717, 1.165) is 238 Å². The van der Waals surface area contributed by atoms with Crippen molar-refractivity contribution in [2.24, 2.45) is 0 Å². The molecule has 9 heterocycles. The summed E-state index contributed by atoms with van der Waals surface area (Å²) in [7, 11) is 0. The number of aromatic nitrogens is 9. The summed E-state index contributed by atoms with van der Waals surface area (Å²) in [5.74, 6) is 2.09. The zero-order chi connectivity index (χ0) is 93.4. The van der Waals surface area contributed by atoms with Crippen LogP contribution in [0.15, 0.2) is 492 Å². The highest BCUT2D eigenvalue weighted by molar-refractivity contribution is 6.28. The molecule has 0 spiro atoms. The molecule has 0 aliphatic carbocycles. The van der Waals surface area contributed by atoms with Crippen LogP contribution in [0.4, 0.5) is 0 Å². The number of nitrogens with zero attached hydrogens (tertiary/aromatic N) is 9. The molecule has 12 heteroatoms. The van der Waals surface area contributed by atoms with Gasteiger partial charge in [-0.1, -0.05) is 352 Å². The molecule has 30 aromatic rings. The summed E-state index contributed by atoms with van der Waals surface area (Å²) in [6.45, 7) is 0. The molecule has 0 N–H and O–H groups in total. The van der Waals surface area contributed by atoms with Gasteiger partial charge in [-0.25, -0.2) is 29.9 Å². The molecule has 12 nitrogen and oxygen atoms in total. The molecule has 0 saturated carbocycles. The molecule has 0 saturated heterocycles. The predicted octanol–water partition coefficient (Wildman–Crippen LogP) is 34.4. The van der Waals surface area contributed by atoms with E-state index in [2.05, 4.69) is 420 Å². The molecule has 0 bridgehead atoms. The lowest BCUT2D eigenvalue weighted by molar-refractivity contribution is 0.673. The quantitative estimate of drug-likeness (QED) is 0.124. The van der Waals surface area contributed by atoms with Gasteiger partial charge in [0, 0.05) is 126 Å². The van der Waals surface area contributed by atoms with Gasteiger partial charge in [0.05, 0.1) is 82.9 Å². The maximum Gasteiger partial charge on any atom is 0.160 e. The van der Waals surface area contributed by atoms with Gasteiger partial charge in [-0.05, 0) is 149 Å². The first kappa shape index (κ1) is 81.1. The number of rotatable bonds is 11. The Morgan fingerprint density at radius 2 is 0.430 bits per heavy atom. The average molecular weight is 1820 g/mol. The van der Waals surface area contributed by atoms with Gasteiger partial charge in [-0.15, -0.1) is 0 Å². The molecule has 21 aromatic carbocycles. The molecule has 9 aromatic heterocycles. The van der Waals surface area contributed by atoms with E-state index in [4.69, 9.17) is 43.2 Å². The lowest BCUT2D eigenvalue weighted by Gasteiger charge is -2.12. The van der Waals surface area contributed by atoms with Crippen molar-refractivity contribution in [3.63, 3.8) is 0 Å². The van der Waals surface area contributed by atoms with Crippen molar-refractivity contribution < 1.29 is 13.3 Å². The molecule has 0 aliphatic rings. The Labute approximate surface area is 812 Å². The number of fused-ring (bicyclic) bond motifs is 25. The van der Waals surface area contributed by atoms with Crippen molar-refractivity contribution in [1.82, 2.24) is 43.6 Å². The summed E-state index contributed by atoms with van der Waals surface area (Å²) >= 11 is 0. The number of furan rings is 3. The first-order chi connectivity index (χ1) is 70.5. The Morgan fingerprint density at radius 1 is 0.155 bits per heavy atom. The second-order valence-corrected chi connectivity index (χ2v) is 36.1. The Bertz CT molecular complexity index is 10300. The third-order valence-electron chi connectivity index (χ3n) is 28.0. The van der Waals surface area contributed by atoms with Crippen molar-refractivity contribution >= 4 is 175 Å². The van der Waals surface area contributed by atoms with E-state index in [-0.39, 0.29) is 0 Å². The Morgan fingerprint density at radius 3 is 0.859 bits per heavy atom. The summed E-state index contributed by atoms with van der Waals surface area (Å²) in [6.07, 6.45) is 0. The van der Waals surface area contributed by atoms with E-state index in [1.165, 1.54) is 26.9 Å². The minimum Gasteiger partial charge on any atom is -0.455 e. The minimum atomic E-state index is 0.690. The van der Waals surface area contributed by atoms with E-state index in [1.807, 2.05) is 72.8 Å². The third kappa shape index (κ3) is 13.3. The molecular weight excluding hydrogens is 1740 g/mol. The summed E-state index contributed by atoms with van der Waals surface area (Å²) in [5.41, 5.74) is 31.1. The van der Waals surface area contributed by atoms with Gasteiger partial charge in [-0.3, -0.25) is 0 Å². The zero-order valence-electron chi connectivity index (χ0n) is 76.4. The van der Waals surface area contributed by atoms with Gasteiger partial charge < -0.3 is 27.0 Å². The molecule has 0 unspecified atom stereocenters. The van der Waals surface area contributed by atoms with Gasteiger partial charge in [0.15, 0.2) is 17.5 Å². The van der Waals surface area contributed by atoms with Crippen LogP contribution in [-0.2, 0) is 0 Å². The first-order valence-electron chi connectivity index (χ1n) is 47.9. The Balaban J connectivity index is 0.000000105. The Kier molecular flexibility index (Phi) is 19.0. The van der Waals surface area contributed by atoms with E-state index < -0.39 is 0 Å². The van der Waals surface area contributed by atoms with Crippen LogP contribution in [0.1, 0.15) is 0 Å². The highest BCUT2D eigenvalue weighted by atomic mass is 16.3. The SMILES string of the molecule is c1ccc(-c2nc(-c3cccc(-c4cccc5c4oc4c5ccc5c4c4ccccc4n5-c4ccccc4)c3)nc3ccccc23)cc1.c1ccc(-c2nc(-c3cccc4c3oc3c4ccc4c3c3ccccc3n4-c3ccccc3)c3ccccc3n2)cc1.c1ccc(-n2c3ccccc3c3c4oc5c(-c6cccc(-c7nc(-c8cccc9ccccc89)c8ccccc8n7)c6)cccc5c4ccc32)cc1. The fraction of sp³-hybridized carbons (Fsp3) is 0. The lowest BCUT2D eigenvalue weighted by Crippen LogP contribution is -1.96. The van der Waals surface area contributed by atoms with Crippen molar-refractivity contribution in [2.75, 3.05) is 0 Å². The number of benzene rings is 21. The summed E-state index contributed by atoms with van der Waals surface area (Å²) < 4.78 is 27.8. The summed E-state index contributed by atoms with van der Waals surface area (Å²) in [4.78, 5) is 30.6. The maximum absolute atomic E-state index is 6.99. The van der Waals surface area contributed by atoms with Gasteiger partial charge in [-0.2, -0.15) is 0 Å². The molecule has 0 amide bonds. The molecule has 0 fully saturated rings. The van der Waals surface area contributed by atoms with Crippen LogP contribution in [0, 0.1) is 0 Å². The molecule has 0 atom stereocenters. The van der Waals surface area contributed by atoms with Crippen LogP contribution in [0.5, 0.6) is 0 Å². The smallest absolute Gasteiger partial charge is 0.160 e. The average Bonchev–Trinajstić information content (AvgIpc) is 1.43. The highest BCUT2D eigenvalue weighted by Gasteiger charge is 2.28. The van der Waals surface area contributed by atoms with Gasteiger partial charge in [0.1, 0.15) is 33.5 Å². The van der Waals surface area contributed by atoms with E-state index >= 15 is 0 Å². The fourth-order valence-corrected chi connectivity index (χ4v) is 21.6. The monoisotopic (exact) mass is 1810 g/mol. The molecular formula is C130H79N9O3. The summed E-state index contributed by atoms with van der Waals surface area (Å²) in [5, 5.41) is 18.9. The van der Waals surface area contributed by atoms with Crippen LogP contribution < -0.4 is 0 Å². The predicted molar refractivity (Wildman–Crippen MR) is 584 cm³/mol. The molecule has 0 radical (unpaired) electrons. The van der Waals surface area contributed by atoms with Crippen molar-refractivity contribution in [3.8, 4) is 107 Å². The molecule has 30 rings (SSSR count).